The minimum atomic E-state index is -0.409. The number of aromatic nitrogens is 1. The third kappa shape index (κ3) is 3.59. The Bertz CT molecular complexity index is 479. The largest absolute Gasteiger partial charge is 0.481 e. The van der Waals surface area contributed by atoms with Gasteiger partial charge >= 0.3 is 5.69 Å². The van der Waals surface area contributed by atoms with Crippen LogP contribution in [-0.4, -0.2) is 23.1 Å². The van der Waals surface area contributed by atoms with E-state index in [2.05, 4.69) is 17.2 Å². The van der Waals surface area contributed by atoms with Crippen molar-refractivity contribution in [1.82, 2.24) is 4.98 Å². The van der Waals surface area contributed by atoms with Crippen molar-refractivity contribution in [2.45, 2.75) is 45.1 Å². The summed E-state index contributed by atoms with van der Waals surface area (Å²) in [5.74, 6) is 1.43. The molecule has 0 radical (unpaired) electrons. The molecule has 2 rings (SSSR count). The second-order valence-electron chi connectivity index (χ2n) is 5.43. The molecule has 2 atom stereocenters. The van der Waals surface area contributed by atoms with E-state index in [1.54, 1.807) is 0 Å². The van der Waals surface area contributed by atoms with Gasteiger partial charge in [0.15, 0.2) is 0 Å². The first-order valence-corrected chi connectivity index (χ1v) is 7.06. The van der Waals surface area contributed by atoms with Crippen LogP contribution in [0.15, 0.2) is 12.1 Å². The zero-order valence-corrected chi connectivity index (χ0v) is 12.0. The summed E-state index contributed by atoms with van der Waals surface area (Å²) in [6.07, 6.45) is 5.58. The van der Waals surface area contributed by atoms with Crippen LogP contribution in [0.3, 0.4) is 0 Å². The number of hydrogen-bond donors (Lipinski definition) is 1. The Morgan fingerprint density at radius 3 is 2.85 bits per heavy atom. The second-order valence-corrected chi connectivity index (χ2v) is 5.43. The van der Waals surface area contributed by atoms with Gasteiger partial charge in [0.25, 0.3) is 0 Å². The molecule has 0 bridgehead atoms. The highest BCUT2D eigenvalue weighted by Crippen LogP contribution is 2.29. The molecule has 1 heterocycles. The van der Waals surface area contributed by atoms with Crippen molar-refractivity contribution in [3.05, 3.63) is 22.2 Å². The minimum absolute atomic E-state index is 0.00287. The van der Waals surface area contributed by atoms with Crippen molar-refractivity contribution in [1.29, 1.82) is 0 Å². The molecule has 110 valence electrons. The highest BCUT2D eigenvalue weighted by molar-refractivity contribution is 5.57. The molecule has 1 N–H and O–H groups in total. The van der Waals surface area contributed by atoms with Crippen LogP contribution < -0.4 is 10.1 Å². The summed E-state index contributed by atoms with van der Waals surface area (Å²) >= 11 is 0. The highest BCUT2D eigenvalue weighted by atomic mass is 16.6. The Balaban J connectivity index is 2.16. The molecule has 0 amide bonds. The maximum atomic E-state index is 11.1. The van der Waals surface area contributed by atoms with Gasteiger partial charge in [-0.3, -0.25) is 10.1 Å². The zero-order chi connectivity index (χ0) is 14.5. The number of hydrogen-bond acceptors (Lipinski definition) is 5. The van der Waals surface area contributed by atoms with Gasteiger partial charge in [0.2, 0.25) is 11.7 Å². The Labute approximate surface area is 118 Å². The molecule has 0 spiro atoms. The van der Waals surface area contributed by atoms with E-state index in [0.29, 0.717) is 11.7 Å². The molecule has 1 fully saturated rings. The second kappa shape index (κ2) is 6.54. The van der Waals surface area contributed by atoms with Crippen LogP contribution in [0.25, 0.3) is 0 Å². The van der Waals surface area contributed by atoms with E-state index in [1.165, 1.54) is 25.7 Å². The highest BCUT2D eigenvalue weighted by Gasteiger charge is 2.21. The Morgan fingerprint density at radius 1 is 1.35 bits per heavy atom. The van der Waals surface area contributed by atoms with Crippen molar-refractivity contribution in [2.24, 2.45) is 5.92 Å². The van der Waals surface area contributed by atoms with Crippen LogP contribution in [0.4, 0.5) is 11.5 Å². The van der Waals surface area contributed by atoms with Crippen molar-refractivity contribution < 1.29 is 9.66 Å². The molecule has 20 heavy (non-hydrogen) atoms. The van der Waals surface area contributed by atoms with Gasteiger partial charge in [-0.1, -0.05) is 19.8 Å². The monoisotopic (exact) mass is 279 g/mol. The number of nitrogens with one attached hydrogen (secondary N) is 1. The summed E-state index contributed by atoms with van der Waals surface area (Å²) in [5, 5.41) is 14.3. The molecule has 1 aliphatic carbocycles. The molecular formula is C14H21N3O3. The quantitative estimate of drug-likeness (QED) is 0.519. The van der Waals surface area contributed by atoms with Gasteiger partial charge in [-0.05, 0) is 25.2 Å². The van der Waals surface area contributed by atoms with E-state index in [1.807, 2.05) is 0 Å². The number of nitrogens with zero attached hydrogens (tertiary/aromatic N) is 2. The van der Waals surface area contributed by atoms with Crippen LogP contribution in [0, 0.1) is 16.0 Å². The molecule has 0 saturated heterocycles. The van der Waals surface area contributed by atoms with Gasteiger partial charge in [0.05, 0.1) is 12.0 Å². The molecule has 6 heteroatoms. The van der Waals surface area contributed by atoms with E-state index < -0.39 is 4.92 Å². The smallest absolute Gasteiger partial charge is 0.311 e. The summed E-state index contributed by atoms with van der Waals surface area (Å²) in [5.41, 5.74) is 0.00287. The lowest BCUT2D eigenvalue weighted by atomic mass is 10.0. The lowest BCUT2D eigenvalue weighted by molar-refractivity contribution is -0.384. The Kier molecular flexibility index (Phi) is 4.76. The summed E-state index contributed by atoms with van der Waals surface area (Å²) in [6, 6.07) is 3.20. The van der Waals surface area contributed by atoms with E-state index in [0.717, 1.165) is 31.6 Å². The fourth-order valence-electron chi connectivity index (χ4n) is 2.63. The van der Waals surface area contributed by atoms with Crippen LogP contribution in [-0.2, 0) is 0 Å². The topological polar surface area (TPSA) is 77.3 Å². The first-order chi connectivity index (χ1) is 9.60. The third-order valence-electron chi connectivity index (χ3n) is 3.85. The van der Waals surface area contributed by atoms with Crippen LogP contribution in [0.2, 0.25) is 0 Å². The maximum absolute atomic E-state index is 11.1. The first kappa shape index (κ1) is 14.6. The third-order valence-corrected chi connectivity index (χ3v) is 3.85. The number of nitro groups is 1. The fraction of sp³-hybridized carbons (Fsp3) is 0.643. The molecule has 1 aromatic rings. The maximum Gasteiger partial charge on any atom is 0.311 e. The van der Waals surface area contributed by atoms with Crippen molar-refractivity contribution in [3.63, 3.8) is 0 Å². The summed E-state index contributed by atoms with van der Waals surface area (Å²) < 4.78 is 5.05. The number of anilines is 1. The van der Waals surface area contributed by atoms with Gasteiger partial charge in [-0.2, -0.15) is 4.98 Å². The van der Waals surface area contributed by atoms with E-state index >= 15 is 0 Å². The molecule has 1 aromatic heterocycles. The predicted molar refractivity (Wildman–Crippen MR) is 77.1 cm³/mol. The Morgan fingerprint density at radius 2 is 2.15 bits per heavy atom. The van der Waals surface area contributed by atoms with Gasteiger partial charge in [-0.15, -0.1) is 0 Å². The van der Waals surface area contributed by atoms with Crippen molar-refractivity contribution in [3.8, 4) is 5.88 Å². The Hall–Kier alpha value is -1.85. The molecule has 0 aromatic carbocycles. The normalized spacial score (nSPS) is 22.9. The molecule has 1 aliphatic rings. The number of pyridine rings is 1. The predicted octanol–water partition coefficient (Wildman–Crippen LogP) is 3.38. The molecule has 0 aliphatic heterocycles. The van der Waals surface area contributed by atoms with Crippen molar-refractivity contribution in [2.75, 3.05) is 12.4 Å². The molecular weight excluding hydrogens is 258 g/mol. The van der Waals surface area contributed by atoms with Gasteiger partial charge in [0, 0.05) is 18.2 Å². The molecule has 6 nitrogen and oxygen atoms in total. The van der Waals surface area contributed by atoms with Crippen LogP contribution in [0.5, 0.6) is 5.88 Å². The van der Waals surface area contributed by atoms with Crippen LogP contribution >= 0.6 is 0 Å². The summed E-state index contributed by atoms with van der Waals surface area (Å²) in [4.78, 5) is 14.8. The van der Waals surface area contributed by atoms with Gasteiger partial charge < -0.3 is 10.1 Å². The van der Waals surface area contributed by atoms with E-state index in [4.69, 9.17) is 4.74 Å². The average Bonchev–Trinajstić information content (AvgIpc) is 2.63. The fourth-order valence-corrected chi connectivity index (χ4v) is 2.63. The van der Waals surface area contributed by atoms with Crippen molar-refractivity contribution >= 4 is 11.5 Å². The lowest BCUT2D eigenvalue weighted by Gasteiger charge is -2.17. The lowest BCUT2D eigenvalue weighted by Crippen LogP contribution is -2.20. The number of rotatable bonds is 4. The minimum Gasteiger partial charge on any atom is -0.481 e. The van der Waals surface area contributed by atoms with Gasteiger partial charge in [-0.25, -0.2) is 0 Å². The van der Waals surface area contributed by atoms with E-state index in [-0.39, 0.29) is 11.7 Å². The standard InChI is InChI=1S/C14H21N3O3/c1-10-4-3-5-11(7-6-10)15-14-12(17(18)19)8-9-13(16-14)20-2/h8-11H,3-7H2,1-2H3,(H,15,16). The number of methoxy groups -OCH3 is 1. The van der Waals surface area contributed by atoms with Crippen LogP contribution in [0.1, 0.15) is 39.0 Å². The molecule has 1 saturated carbocycles. The van der Waals surface area contributed by atoms with Gasteiger partial charge in [0.1, 0.15) is 0 Å². The molecule has 2 unspecified atom stereocenters. The summed E-state index contributed by atoms with van der Waals surface area (Å²) in [7, 11) is 1.51. The SMILES string of the molecule is COc1ccc([N+](=O)[O-])c(NC2CCCC(C)CC2)n1. The summed E-state index contributed by atoms with van der Waals surface area (Å²) in [6.45, 7) is 2.26. The average molecular weight is 279 g/mol. The van der Waals surface area contributed by atoms with E-state index in [9.17, 15) is 10.1 Å². The first-order valence-electron chi connectivity index (χ1n) is 7.06. The number of ether oxygens (including phenoxy) is 1. The zero-order valence-electron chi connectivity index (χ0n) is 12.0.